The van der Waals surface area contributed by atoms with Gasteiger partial charge in [-0.15, -0.1) is 6.42 Å². The highest BCUT2D eigenvalue weighted by atomic mass is 16.5. The summed E-state index contributed by atoms with van der Waals surface area (Å²) in [5, 5.41) is 10.9. The fourth-order valence-corrected chi connectivity index (χ4v) is 1.18. The normalized spacial score (nSPS) is 12.8. The Kier molecular flexibility index (Phi) is 7.35. The van der Waals surface area contributed by atoms with Crippen molar-refractivity contribution in [1.29, 1.82) is 0 Å². The number of carbonyl (C=O) groups is 1. The van der Waals surface area contributed by atoms with E-state index >= 15 is 0 Å². The van der Waals surface area contributed by atoms with Crippen molar-refractivity contribution in [2.24, 2.45) is 5.41 Å². The van der Waals surface area contributed by atoms with Gasteiger partial charge in [0.1, 0.15) is 6.61 Å². The van der Waals surface area contributed by atoms with Crippen LogP contribution in [0.5, 0.6) is 0 Å². The lowest BCUT2D eigenvalue weighted by atomic mass is 9.89. The average Bonchev–Trinajstić information content (AvgIpc) is 2.19. The van der Waals surface area contributed by atoms with Crippen LogP contribution in [-0.2, 0) is 9.47 Å². The summed E-state index contributed by atoms with van der Waals surface area (Å²) >= 11 is 0. The highest BCUT2D eigenvalue weighted by Crippen LogP contribution is 2.21. The molecule has 0 aliphatic heterocycles. The van der Waals surface area contributed by atoms with E-state index < -0.39 is 6.09 Å². The van der Waals surface area contributed by atoms with Crippen LogP contribution in [0.25, 0.3) is 0 Å². The smallest absolute Gasteiger partial charge is 0.404 e. The van der Waals surface area contributed by atoms with E-state index in [2.05, 4.69) is 11.2 Å². The van der Waals surface area contributed by atoms with E-state index in [0.717, 1.165) is 0 Å². The Bertz CT molecular complexity index is 265. The van der Waals surface area contributed by atoms with E-state index in [1.54, 1.807) is 0 Å². The fraction of sp³-hybridized carbons (Fsp3) is 0.750. The molecule has 0 fully saturated rings. The lowest BCUT2D eigenvalue weighted by Gasteiger charge is -2.30. The second-order valence-corrected chi connectivity index (χ2v) is 4.67. The topological polar surface area (TPSA) is 67.8 Å². The van der Waals surface area contributed by atoms with Crippen LogP contribution in [0, 0.1) is 17.8 Å². The van der Waals surface area contributed by atoms with Crippen molar-refractivity contribution < 1.29 is 19.4 Å². The lowest BCUT2D eigenvalue weighted by molar-refractivity contribution is -0.0379. The van der Waals surface area contributed by atoms with E-state index in [0.29, 0.717) is 13.2 Å². The highest BCUT2D eigenvalue weighted by Gasteiger charge is 2.25. The molecule has 0 bridgehead atoms. The number of rotatable bonds is 7. The van der Waals surface area contributed by atoms with E-state index in [4.69, 9.17) is 21.0 Å². The third kappa shape index (κ3) is 8.55. The van der Waals surface area contributed by atoms with Crippen LogP contribution in [0.3, 0.4) is 0 Å². The first kappa shape index (κ1) is 15.8. The average molecular weight is 243 g/mol. The number of amides is 1. The van der Waals surface area contributed by atoms with Crippen molar-refractivity contribution in [3.8, 4) is 12.3 Å². The molecule has 1 atom stereocenters. The largest absolute Gasteiger partial charge is 0.465 e. The molecule has 2 N–H and O–H groups in total. The molecule has 98 valence electrons. The van der Waals surface area contributed by atoms with Gasteiger partial charge in [-0.05, 0) is 5.41 Å². The Balaban J connectivity index is 3.95. The van der Waals surface area contributed by atoms with Crippen molar-refractivity contribution >= 4 is 6.09 Å². The summed E-state index contributed by atoms with van der Waals surface area (Å²) in [7, 11) is 0. The summed E-state index contributed by atoms with van der Waals surface area (Å²) in [4.78, 5) is 10.4. The summed E-state index contributed by atoms with van der Waals surface area (Å²) in [6.45, 7) is 7.29. The van der Waals surface area contributed by atoms with E-state index in [1.165, 1.54) is 0 Å². The molecule has 5 heteroatoms. The first-order valence-corrected chi connectivity index (χ1v) is 5.47. The molecule has 0 saturated heterocycles. The molecule has 17 heavy (non-hydrogen) atoms. The van der Waals surface area contributed by atoms with Gasteiger partial charge in [0, 0.05) is 6.54 Å². The number of hydrogen-bond acceptors (Lipinski definition) is 3. The SMILES string of the molecule is C#CCOCCOC(CNC(=O)O)C(C)(C)C. The summed E-state index contributed by atoms with van der Waals surface area (Å²) in [6.07, 6.45) is 3.78. The molecule has 0 heterocycles. The van der Waals surface area contributed by atoms with E-state index in [1.807, 2.05) is 20.8 Å². The highest BCUT2D eigenvalue weighted by molar-refractivity contribution is 5.64. The quantitative estimate of drug-likeness (QED) is 0.523. The van der Waals surface area contributed by atoms with Crippen molar-refractivity contribution in [3.05, 3.63) is 0 Å². The molecule has 0 spiro atoms. The molecule has 0 aliphatic carbocycles. The molecule has 0 rings (SSSR count). The summed E-state index contributed by atoms with van der Waals surface area (Å²) in [5.41, 5.74) is -0.144. The Hall–Kier alpha value is -1.25. The van der Waals surface area contributed by atoms with Crippen LogP contribution in [0.2, 0.25) is 0 Å². The zero-order valence-corrected chi connectivity index (χ0v) is 10.7. The van der Waals surface area contributed by atoms with Crippen LogP contribution in [-0.4, -0.2) is 43.7 Å². The van der Waals surface area contributed by atoms with Crippen molar-refractivity contribution in [3.63, 3.8) is 0 Å². The minimum atomic E-state index is -1.05. The monoisotopic (exact) mass is 243 g/mol. The molecule has 0 aliphatic rings. The van der Waals surface area contributed by atoms with Crippen molar-refractivity contribution in [1.82, 2.24) is 5.32 Å². The third-order valence-corrected chi connectivity index (χ3v) is 2.14. The molecule has 0 aromatic rings. The molecule has 0 radical (unpaired) electrons. The zero-order chi connectivity index (χ0) is 13.3. The van der Waals surface area contributed by atoms with Gasteiger partial charge in [-0.2, -0.15) is 0 Å². The third-order valence-electron chi connectivity index (χ3n) is 2.14. The Labute approximate surface area is 102 Å². The van der Waals surface area contributed by atoms with Crippen LogP contribution in [0.15, 0.2) is 0 Å². The molecule has 0 saturated carbocycles. The minimum absolute atomic E-state index is 0.144. The predicted molar refractivity (Wildman–Crippen MR) is 64.9 cm³/mol. The Morgan fingerprint density at radius 2 is 2.12 bits per heavy atom. The second-order valence-electron chi connectivity index (χ2n) is 4.67. The van der Waals surface area contributed by atoms with Crippen LogP contribution in [0.1, 0.15) is 20.8 Å². The van der Waals surface area contributed by atoms with Crippen molar-refractivity contribution in [2.45, 2.75) is 26.9 Å². The maximum absolute atomic E-state index is 10.4. The zero-order valence-electron chi connectivity index (χ0n) is 10.7. The molecular formula is C12H21NO4. The van der Waals surface area contributed by atoms with Gasteiger partial charge in [0.05, 0.1) is 19.3 Å². The number of hydrogen-bond donors (Lipinski definition) is 2. The Morgan fingerprint density at radius 3 is 2.59 bits per heavy atom. The molecule has 1 unspecified atom stereocenters. The van der Waals surface area contributed by atoms with Gasteiger partial charge < -0.3 is 19.9 Å². The van der Waals surface area contributed by atoms with Crippen LogP contribution < -0.4 is 5.32 Å². The van der Waals surface area contributed by atoms with Gasteiger partial charge in [0.25, 0.3) is 0 Å². The maximum atomic E-state index is 10.4. The van der Waals surface area contributed by atoms with Crippen LogP contribution >= 0.6 is 0 Å². The second kappa shape index (κ2) is 7.93. The van der Waals surface area contributed by atoms with Gasteiger partial charge in [-0.1, -0.05) is 26.7 Å². The van der Waals surface area contributed by atoms with E-state index in [-0.39, 0.29) is 24.7 Å². The molecule has 0 aromatic carbocycles. The Morgan fingerprint density at radius 1 is 1.47 bits per heavy atom. The van der Waals surface area contributed by atoms with Crippen LogP contribution in [0.4, 0.5) is 4.79 Å². The fourth-order valence-electron chi connectivity index (χ4n) is 1.18. The van der Waals surface area contributed by atoms with Gasteiger partial charge >= 0.3 is 6.09 Å². The van der Waals surface area contributed by atoms with Gasteiger partial charge in [0.2, 0.25) is 0 Å². The molecule has 0 aromatic heterocycles. The molecule has 1 amide bonds. The van der Waals surface area contributed by atoms with Crippen molar-refractivity contribution in [2.75, 3.05) is 26.4 Å². The van der Waals surface area contributed by atoms with E-state index in [9.17, 15) is 4.79 Å². The summed E-state index contributed by atoms with van der Waals surface area (Å²) < 4.78 is 10.7. The lowest BCUT2D eigenvalue weighted by Crippen LogP contribution is -2.41. The van der Waals surface area contributed by atoms with Gasteiger partial charge in [0.15, 0.2) is 0 Å². The summed E-state index contributed by atoms with van der Waals surface area (Å²) in [5.74, 6) is 2.36. The number of ether oxygens (including phenoxy) is 2. The standard InChI is InChI=1S/C12H21NO4/c1-5-6-16-7-8-17-10(12(2,3)4)9-13-11(14)15/h1,10,13H,6-9H2,2-4H3,(H,14,15). The first-order valence-electron chi connectivity index (χ1n) is 5.47. The minimum Gasteiger partial charge on any atom is -0.465 e. The van der Waals surface area contributed by atoms with Gasteiger partial charge in [-0.3, -0.25) is 0 Å². The molecular weight excluding hydrogens is 222 g/mol. The molecule has 5 nitrogen and oxygen atoms in total. The summed E-state index contributed by atoms with van der Waals surface area (Å²) in [6, 6.07) is 0. The first-order chi connectivity index (χ1) is 7.88. The predicted octanol–water partition coefficient (Wildman–Crippen LogP) is 1.34. The number of nitrogens with one attached hydrogen (secondary N) is 1. The number of terminal acetylenes is 1. The maximum Gasteiger partial charge on any atom is 0.404 e. The van der Waals surface area contributed by atoms with Gasteiger partial charge in [-0.25, -0.2) is 4.79 Å². The number of carboxylic acid groups (broad SMARTS) is 1.